The van der Waals surface area contributed by atoms with Gasteiger partial charge in [-0.1, -0.05) is 26.0 Å². The lowest BCUT2D eigenvalue weighted by molar-refractivity contribution is 0.414. The van der Waals surface area contributed by atoms with E-state index in [1.54, 1.807) is 20.4 Å². The Morgan fingerprint density at radius 1 is 1.12 bits per heavy atom. The molecule has 0 spiro atoms. The number of benzene rings is 1. The van der Waals surface area contributed by atoms with Crippen LogP contribution in [0.3, 0.4) is 0 Å². The molecule has 0 aliphatic carbocycles. The molecule has 6 heteroatoms. The first-order valence-electron chi connectivity index (χ1n) is 8.24. The molecule has 0 amide bonds. The predicted octanol–water partition coefficient (Wildman–Crippen LogP) is 4.17. The highest BCUT2D eigenvalue weighted by molar-refractivity contribution is 7.80. The van der Waals surface area contributed by atoms with Crippen molar-refractivity contribution < 1.29 is 9.47 Å². The van der Waals surface area contributed by atoms with Crippen LogP contribution in [0.4, 0.5) is 5.82 Å². The molecule has 1 heterocycles. The van der Waals surface area contributed by atoms with E-state index < -0.39 is 0 Å². The standard InChI is InChI=1S/C19H25N3O2S/c1-13(2)12-16(14-7-9-15(23-3)10-8-14)21-19(25)22-18-17(24-4)6-5-11-20-18/h5-11,13,16H,12H2,1-4H3,(H2,20,21,22,25)/t16-/m1/s1. The van der Waals surface area contributed by atoms with Gasteiger partial charge in [0.1, 0.15) is 5.75 Å². The second-order valence-electron chi connectivity index (χ2n) is 6.11. The smallest absolute Gasteiger partial charge is 0.174 e. The molecule has 0 aliphatic heterocycles. The molecule has 134 valence electrons. The zero-order chi connectivity index (χ0) is 18.2. The summed E-state index contributed by atoms with van der Waals surface area (Å²) < 4.78 is 10.5. The lowest BCUT2D eigenvalue weighted by Gasteiger charge is -2.23. The second kappa shape index (κ2) is 9.22. The molecule has 2 aromatic rings. The van der Waals surface area contributed by atoms with Crippen molar-refractivity contribution in [3.8, 4) is 11.5 Å². The topological polar surface area (TPSA) is 55.4 Å². The number of pyridine rings is 1. The Bertz CT molecular complexity index is 689. The van der Waals surface area contributed by atoms with Crippen molar-refractivity contribution in [3.05, 3.63) is 48.2 Å². The van der Waals surface area contributed by atoms with E-state index in [-0.39, 0.29) is 6.04 Å². The van der Waals surface area contributed by atoms with Gasteiger partial charge in [0.2, 0.25) is 0 Å². The predicted molar refractivity (Wildman–Crippen MR) is 105 cm³/mol. The molecule has 0 saturated heterocycles. The van der Waals surface area contributed by atoms with E-state index in [0.29, 0.717) is 22.6 Å². The van der Waals surface area contributed by atoms with Crippen LogP contribution in [-0.4, -0.2) is 24.3 Å². The third kappa shape index (κ3) is 5.60. The molecule has 0 bridgehead atoms. The summed E-state index contributed by atoms with van der Waals surface area (Å²) in [5.41, 5.74) is 1.16. The molecule has 0 aliphatic rings. The summed E-state index contributed by atoms with van der Waals surface area (Å²) in [6.07, 6.45) is 2.65. The molecule has 0 saturated carbocycles. The Labute approximate surface area is 154 Å². The molecule has 0 unspecified atom stereocenters. The van der Waals surface area contributed by atoms with Gasteiger partial charge in [0.25, 0.3) is 0 Å². The first-order valence-corrected chi connectivity index (χ1v) is 8.64. The fourth-order valence-corrected chi connectivity index (χ4v) is 2.78. The molecule has 1 atom stereocenters. The molecule has 0 fully saturated rings. The maximum Gasteiger partial charge on any atom is 0.174 e. The van der Waals surface area contributed by atoms with Gasteiger partial charge in [-0.15, -0.1) is 0 Å². The number of nitrogens with zero attached hydrogens (tertiary/aromatic N) is 1. The number of hydrogen-bond donors (Lipinski definition) is 2. The Balaban J connectivity index is 2.11. The molecule has 25 heavy (non-hydrogen) atoms. The van der Waals surface area contributed by atoms with Gasteiger partial charge in [-0.2, -0.15) is 0 Å². The maximum absolute atomic E-state index is 5.48. The number of anilines is 1. The van der Waals surface area contributed by atoms with Crippen LogP contribution in [0.1, 0.15) is 31.9 Å². The van der Waals surface area contributed by atoms with Crippen molar-refractivity contribution in [1.82, 2.24) is 10.3 Å². The lowest BCUT2D eigenvalue weighted by atomic mass is 9.97. The van der Waals surface area contributed by atoms with Crippen LogP contribution < -0.4 is 20.1 Å². The highest BCUT2D eigenvalue weighted by Gasteiger charge is 2.16. The van der Waals surface area contributed by atoms with Crippen molar-refractivity contribution >= 4 is 23.1 Å². The first kappa shape index (κ1) is 19.0. The van der Waals surface area contributed by atoms with Gasteiger partial charge in [0, 0.05) is 6.20 Å². The van der Waals surface area contributed by atoms with Gasteiger partial charge in [-0.3, -0.25) is 0 Å². The Morgan fingerprint density at radius 3 is 2.44 bits per heavy atom. The summed E-state index contributed by atoms with van der Waals surface area (Å²) in [6.45, 7) is 4.38. The van der Waals surface area contributed by atoms with Crippen molar-refractivity contribution in [3.63, 3.8) is 0 Å². The number of thiocarbonyl (C=S) groups is 1. The second-order valence-corrected chi connectivity index (χ2v) is 6.52. The average molecular weight is 359 g/mol. The zero-order valence-corrected chi connectivity index (χ0v) is 15.9. The van der Waals surface area contributed by atoms with E-state index >= 15 is 0 Å². The van der Waals surface area contributed by atoms with Crippen molar-refractivity contribution in [1.29, 1.82) is 0 Å². The largest absolute Gasteiger partial charge is 0.497 e. The monoisotopic (exact) mass is 359 g/mol. The zero-order valence-electron chi connectivity index (χ0n) is 15.1. The van der Waals surface area contributed by atoms with E-state index in [2.05, 4.69) is 41.6 Å². The average Bonchev–Trinajstić information content (AvgIpc) is 2.61. The third-order valence-corrected chi connectivity index (χ3v) is 3.97. The number of rotatable bonds is 7. The maximum atomic E-state index is 5.48. The summed E-state index contributed by atoms with van der Waals surface area (Å²) in [5.74, 6) is 2.61. The normalized spacial score (nSPS) is 11.7. The van der Waals surface area contributed by atoms with Gasteiger partial charge < -0.3 is 20.1 Å². The van der Waals surface area contributed by atoms with Crippen molar-refractivity contribution in [2.45, 2.75) is 26.3 Å². The van der Waals surface area contributed by atoms with E-state index in [1.807, 2.05) is 24.3 Å². The van der Waals surface area contributed by atoms with Crippen LogP contribution >= 0.6 is 12.2 Å². The Kier molecular flexibility index (Phi) is 7.01. The van der Waals surface area contributed by atoms with Crippen LogP contribution in [-0.2, 0) is 0 Å². The van der Waals surface area contributed by atoms with E-state index in [9.17, 15) is 0 Å². The summed E-state index contributed by atoms with van der Waals surface area (Å²) in [7, 11) is 3.27. The van der Waals surface area contributed by atoms with E-state index in [1.165, 1.54) is 0 Å². The summed E-state index contributed by atoms with van der Waals surface area (Å²) in [5, 5.41) is 7.02. The van der Waals surface area contributed by atoms with Gasteiger partial charge >= 0.3 is 0 Å². The van der Waals surface area contributed by atoms with Crippen molar-refractivity contribution in [2.24, 2.45) is 5.92 Å². The highest BCUT2D eigenvalue weighted by Crippen LogP contribution is 2.24. The number of aromatic nitrogens is 1. The Morgan fingerprint density at radius 2 is 1.84 bits per heavy atom. The summed E-state index contributed by atoms with van der Waals surface area (Å²) in [6, 6.07) is 11.8. The minimum atomic E-state index is 0.0978. The molecule has 1 aromatic heterocycles. The summed E-state index contributed by atoms with van der Waals surface area (Å²) >= 11 is 5.48. The minimum absolute atomic E-state index is 0.0978. The van der Waals surface area contributed by atoms with Gasteiger partial charge in [0.15, 0.2) is 16.7 Å². The van der Waals surface area contributed by atoms with Gasteiger partial charge in [-0.05, 0) is 54.4 Å². The van der Waals surface area contributed by atoms with Crippen LogP contribution in [0.2, 0.25) is 0 Å². The summed E-state index contributed by atoms with van der Waals surface area (Å²) in [4.78, 5) is 4.27. The van der Waals surface area contributed by atoms with Gasteiger partial charge in [0.05, 0.1) is 20.3 Å². The highest BCUT2D eigenvalue weighted by atomic mass is 32.1. The van der Waals surface area contributed by atoms with Crippen molar-refractivity contribution in [2.75, 3.05) is 19.5 Å². The molecule has 2 rings (SSSR count). The quantitative estimate of drug-likeness (QED) is 0.724. The number of ether oxygens (including phenoxy) is 2. The SMILES string of the molecule is COc1ccc([C@@H](CC(C)C)NC(=S)Nc2ncccc2OC)cc1. The lowest BCUT2D eigenvalue weighted by Crippen LogP contribution is -2.33. The van der Waals surface area contributed by atoms with Crippen LogP contribution in [0, 0.1) is 5.92 Å². The number of hydrogen-bond acceptors (Lipinski definition) is 4. The third-order valence-electron chi connectivity index (χ3n) is 3.75. The molecular formula is C19H25N3O2S. The van der Waals surface area contributed by atoms with Crippen LogP contribution in [0.15, 0.2) is 42.6 Å². The van der Waals surface area contributed by atoms with Crippen LogP contribution in [0.25, 0.3) is 0 Å². The van der Waals surface area contributed by atoms with E-state index in [0.717, 1.165) is 17.7 Å². The van der Waals surface area contributed by atoms with Crippen LogP contribution in [0.5, 0.6) is 11.5 Å². The molecule has 1 aromatic carbocycles. The number of nitrogens with one attached hydrogen (secondary N) is 2. The van der Waals surface area contributed by atoms with E-state index in [4.69, 9.17) is 21.7 Å². The number of methoxy groups -OCH3 is 2. The fourth-order valence-electron chi connectivity index (χ4n) is 2.54. The fraction of sp³-hybridized carbons (Fsp3) is 0.368. The Hall–Kier alpha value is -2.34. The molecule has 0 radical (unpaired) electrons. The molecular weight excluding hydrogens is 334 g/mol. The first-order chi connectivity index (χ1) is 12.0. The minimum Gasteiger partial charge on any atom is -0.497 e. The molecule has 5 nitrogen and oxygen atoms in total. The molecule has 2 N–H and O–H groups in total. The van der Waals surface area contributed by atoms with Gasteiger partial charge in [-0.25, -0.2) is 4.98 Å².